The quantitative estimate of drug-likeness (QED) is 0.768. The molecular weight excluding hydrogens is 424 g/mol. The standard InChI is InChI=1S/C17H19BrN2O3S2/c18-16-9-8-15(24-16)17(21)19-12-13-4-6-14(7-5-13)25(22,23)20-10-2-1-3-11-20/h4-9H,1-3,10-12H2,(H,19,21). The second-order valence-electron chi connectivity index (χ2n) is 5.90. The van der Waals surface area contributed by atoms with Crippen LogP contribution in [0.1, 0.15) is 34.5 Å². The van der Waals surface area contributed by atoms with E-state index in [2.05, 4.69) is 21.2 Å². The zero-order valence-corrected chi connectivity index (χ0v) is 16.8. The van der Waals surface area contributed by atoms with Crippen LogP contribution < -0.4 is 5.32 Å². The molecule has 0 bridgehead atoms. The van der Waals surface area contributed by atoms with Gasteiger partial charge in [-0.05, 0) is 58.6 Å². The number of sulfonamides is 1. The number of hydrogen-bond acceptors (Lipinski definition) is 4. The Hall–Kier alpha value is -1.22. The van der Waals surface area contributed by atoms with Crippen LogP contribution in [0.4, 0.5) is 0 Å². The lowest BCUT2D eigenvalue weighted by Gasteiger charge is -2.25. The van der Waals surface area contributed by atoms with Crippen LogP contribution in [0.25, 0.3) is 0 Å². The van der Waals surface area contributed by atoms with Gasteiger partial charge in [0.05, 0.1) is 13.6 Å². The minimum atomic E-state index is -3.41. The first-order valence-electron chi connectivity index (χ1n) is 8.09. The van der Waals surface area contributed by atoms with E-state index in [0.717, 1.165) is 28.6 Å². The molecule has 0 saturated carbocycles. The molecule has 0 atom stereocenters. The van der Waals surface area contributed by atoms with Gasteiger partial charge < -0.3 is 5.32 Å². The van der Waals surface area contributed by atoms with Crippen molar-refractivity contribution >= 4 is 43.2 Å². The van der Waals surface area contributed by atoms with E-state index in [1.807, 2.05) is 6.07 Å². The van der Waals surface area contributed by atoms with Crippen molar-refractivity contribution in [2.24, 2.45) is 0 Å². The lowest BCUT2D eigenvalue weighted by atomic mass is 10.2. The van der Waals surface area contributed by atoms with E-state index in [4.69, 9.17) is 0 Å². The summed E-state index contributed by atoms with van der Waals surface area (Å²) in [5.74, 6) is -0.138. The number of nitrogens with zero attached hydrogens (tertiary/aromatic N) is 1. The zero-order valence-electron chi connectivity index (χ0n) is 13.6. The average molecular weight is 443 g/mol. The fourth-order valence-electron chi connectivity index (χ4n) is 2.74. The Morgan fingerprint density at radius 3 is 2.36 bits per heavy atom. The highest BCUT2D eigenvalue weighted by atomic mass is 79.9. The van der Waals surface area contributed by atoms with Gasteiger partial charge in [0, 0.05) is 19.6 Å². The maximum Gasteiger partial charge on any atom is 0.261 e. The summed E-state index contributed by atoms with van der Waals surface area (Å²) in [5.41, 5.74) is 0.863. The first-order chi connectivity index (χ1) is 12.0. The number of carbonyl (C=O) groups excluding carboxylic acids is 1. The molecule has 1 aliphatic heterocycles. The van der Waals surface area contributed by atoms with Gasteiger partial charge in [-0.2, -0.15) is 4.31 Å². The molecule has 1 aliphatic rings. The molecule has 1 saturated heterocycles. The van der Waals surface area contributed by atoms with Crippen LogP contribution in [0.2, 0.25) is 0 Å². The van der Waals surface area contributed by atoms with Crippen LogP contribution in [-0.4, -0.2) is 31.7 Å². The molecule has 1 aromatic carbocycles. The van der Waals surface area contributed by atoms with Gasteiger partial charge in [-0.3, -0.25) is 4.79 Å². The van der Waals surface area contributed by atoms with Gasteiger partial charge in [0.25, 0.3) is 5.91 Å². The molecule has 0 unspecified atom stereocenters. The number of benzene rings is 1. The lowest BCUT2D eigenvalue weighted by Crippen LogP contribution is -2.35. The van der Waals surface area contributed by atoms with Gasteiger partial charge in [0.15, 0.2) is 0 Å². The van der Waals surface area contributed by atoms with Crippen molar-refractivity contribution in [2.75, 3.05) is 13.1 Å². The normalized spacial score (nSPS) is 15.9. The summed E-state index contributed by atoms with van der Waals surface area (Å²) < 4.78 is 27.7. The Kier molecular flexibility index (Phi) is 5.93. The van der Waals surface area contributed by atoms with Crippen molar-refractivity contribution in [1.29, 1.82) is 0 Å². The largest absolute Gasteiger partial charge is 0.347 e. The molecule has 0 aliphatic carbocycles. The highest BCUT2D eigenvalue weighted by Crippen LogP contribution is 2.22. The predicted molar refractivity (Wildman–Crippen MR) is 102 cm³/mol. The SMILES string of the molecule is O=C(NCc1ccc(S(=O)(=O)N2CCCCC2)cc1)c1ccc(Br)s1. The second-order valence-corrected chi connectivity index (χ2v) is 10.3. The molecule has 1 amide bonds. The van der Waals surface area contributed by atoms with Crippen LogP contribution >= 0.6 is 27.3 Å². The molecule has 0 radical (unpaired) electrons. The van der Waals surface area contributed by atoms with Crippen LogP contribution in [0.3, 0.4) is 0 Å². The van der Waals surface area contributed by atoms with E-state index in [1.165, 1.54) is 11.3 Å². The number of amides is 1. The minimum Gasteiger partial charge on any atom is -0.347 e. The first kappa shape index (κ1) is 18.6. The maximum atomic E-state index is 12.6. The fourth-order valence-corrected chi connectivity index (χ4v) is 5.56. The summed E-state index contributed by atoms with van der Waals surface area (Å²) in [6.45, 7) is 1.55. The number of thiophene rings is 1. The molecule has 8 heteroatoms. The zero-order chi connectivity index (χ0) is 17.9. The van der Waals surface area contributed by atoms with Gasteiger partial charge in [-0.15, -0.1) is 11.3 Å². The van der Waals surface area contributed by atoms with Crippen molar-refractivity contribution in [2.45, 2.75) is 30.7 Å². The third-order valence-electron chi connectivity index (χ3n) is 4.13. The summed E-state index contributed by atoms with van der Waals surface area (Å²) >= 11 is 4.71. The third-order valence-corrected chi connectivity index (χ3v) is 7.66. The fraction of sp³-hybridized carbons (Fsp3) is 0.353. The Morgan fingerprint density at radius 2 is 1.76 bits per heavy atom. The number of halogens is 1. The highest BCUT2D eigenvalue weighted by Gasteiger charge is 2.25. The number of piperidine rings is 1. The molecule has 0 spiro atoms. The van der Waals surface area contributed by atoms with Gasteiger partial charge >= 0.3 is 0 Å². The van der Waals surface area contributed by atoms with E-state index >= 15 is 0 Å². The van der Waals surface area contributed by atoms with Crippen molar-refractivity contribution < 1.29 is 13.2 Å². The topological polar surface area (TPSA) is 66.5 Å². The van der Waals surface area contributed by atoms with E-state index in [-0.39, 0.29) is 5.91 Å². The van der Waals surface area contributed by atoms with Gasteiger partial charge in [-0.25, -0.2) is 8.42 Å². The summed E-state index contributed by atoms with van der Waals surface area (Å²) in [5, 5.41) is 2.84. The van der Waals surface area contributed by atoms with Crippen LogP contribution in [-0.2, 0) is 16.6 Å². The Labute approximate surface area is 160 Å². The molecule has 1 aromatic heterocycles. The van der Waals surface area contributed by atoms with Crippen molar-refractivity contribution in [3.05, 3.63) is 50.6 Å². The molecule has 134 valence electrons. The van der Waals surface area contributed by atoms with E-state index in [0.29, 0.717) is 29.4 Å². The van der Waals surface area contributed by atoms with Crippen molar-refractivity contribution in [3.8, 4) is 0 Å². The number of nitrogens with one attached hydrogen (secondary N) is 1. The first-order valence-corrected chi connectivity index (χ1v) is 11.1. The molecule has 25 heavy (non-hydrogen) atoms. The summed E-state index contributed by atoms with van der Waals surface area (Å²) in [4.78, 5) is 13.0. The Bertz CT molecular complexity index is 841. The molecule has 2 heterocycles. The van der Waals surface area contributed by atoms with Crippen LogP contribution in [0.5, 0.6) is 0 Å². The van der Waals surface area contributed by atoms with Gasteiger partial charge in [0.2, 0.25) is 10.0 Å². The highest BCUT2D eigenvalue weighted by molar-refractivity contribution is 9.11. The molecule has 1 N–H and O–H groups in total. The molecule has 1 fully saturated rings. The smallest absolute Gasteiger partial charge is 0.261 e. The minimum absolute atomic E-state index is 0.138. The van der Waals surface area contributed by atoms with Crippen molar-refractivity contribution in [3.63, 3.8) is 0 Å². The predicted octanol–water partition coefficient (Wildman–Crippen LogP) is 3.62. The summed E-state index contributed by atoms with van der Waals surface area (Å²) in [6.07, 6.45) is 2.93. The molecule has 2 aromatic rings. The third kappa shape index (κ3) is 4.49. The molecule has 5 nitrogen and oxygen atoms in total. The second kappa shape index (κ2) is 7.99. The summed E-state index contributed by atoms with van der Waals surface area (Å²) in [7, 11) is -3.41. The van der Waals surface area contributed by atoms with Gasteiger partial charge in [-0.1, -0.05) is 18.6 Å². The maximum absolute atomic E-state index is 12.6. The van der Waals surface area contributed by atoms with Gasteiger partial charge in [0.1, 0.15) is 0 Å². The number of rotatable bonds is 5. The van der Waals surface area contributed by atoms with E-state index in [9.17, 15) is 13.2 Å². The number of hydrogen-bond donors (Lipinski definition) is 1. The number of carbonyl (C=O) groups is 1. The lowest BCUT2D eigenvalue weighted by molar-refractivity contribution is 0.0955. The Balaban J connectivity index is 1.63. The summed E-state index contributed by atoms with van der Waals surface area (Å²) in [6, 6.07) is 10.3. The average Bonchev–Trinajstić information content (AvgIpc) is 3.07. The van der Waals surface area contributed by atoms with Crippen molar-refractivity contribution in [1.82, 2.24) is 9.62 Å². The Morgan fingerprint density at radius 1 is 1.08 bits per heavy atom. The molecule has 3 rings (SSSR count). The van der Waals surface area contributed by atoms with Crippen LogP contribution in [0, 0.1) is 0 Å². The van der Waals surface area contributed by atoms with E-state index in [1.54, 1.807) is 34.6 Å². The van der Waals surface area contributed by atoms with Crippen LogP contribution in [0.15, 0.2) is 45.1 Å². The van der Waals surface area contributed by atoms with E-state index < -0.39 is 10.0 Å². The molecular formula is C17H19BrN2O3S2. The monoisotopic (exact) mass is 442 g/mol.